The predicted octanol–water partition coefficient (Wildman–Crippen LogP) is 2.99. The third-order valence-electron chi connectivity index (χ3n) is 4.59. The summed E-state index contributed by atoms with van der Waals surface area (Å²) >= 11 is 7.80. The van der Waals surface area contributed by atoms with Gasteiger partial charge in [0.1, 0.15) is 14.7 Å². The largest absolute Gasteiger partial charge is 0.458 e. The van der Waals surface area contributed by atoms with Gasteiger partial charge < -0.3 is 9.84 Å². The molecule has 0 aromatic carbocycles. The number of aromatic nitrogens is 1. The Bertz CT molecular complexity index is 827. The lowest BCUT2D eigenvalue weighted by atomic mass is 9.87. The Labute approximate surface area is 173 Å². The maximum absolute atomic E-state index is 12.9. The number of alkyl halides is 1. The zero-order valence-electron chi connectivity index (χ0n) is 15.2. The quantitative estimate of drug-likeness (QED) is 0.166. The number of cyclic esters (lactones) is 1. The highest BCUT2D eigenvalue weighted by molar-refractivity contribution is 14.1. The van der Waals surface area contributed by atoms with Gasteiger partial charge in [-0.1, -0.05) is 25.9 Å². The molecule has 1 atom stereocenters. The summed E-state index contributed by atoms with van der Waals surface area (Å²) in [5, 5.41) is 10.6. The molecule has 2 rings (SSSR count). The van der Waals surface area contributed by atoms with E-state index >= 15 is 0 Å². The molecular formula is C18H23ClINO4Si. The van der Waals surface area contributed by atoms with E-state index in [9.17, 15) is 14.7 Å². The highest BCUT2D eigenvalue weighted by Crippen LogP contribution is 2.33. The minimum atomic E-state index is -1.76. The Kier molecular flexibility index (Phi) is 6.99. The fourth-order valence-corrected chi connectivity index (χ4v) is 5.75. The fraction of sp³-hybridized carbons (Fsp3) is 0.556. The monoisotopic (exact) mass is 507 g/mol. The minimum Gasteiger partial charge on any atom is -0.458 e. The third kappa shape index (κ3) is 4.35. The maximum atomic E-state index is 12.9. The van der Waals surface area contributed by atoms with Crippen molar-refractivity contribution in [3.63, 3.8) is 0 Å². The molecule has 2 heterocycles. The second-order valence-electron chi connectivity index (χ2n) is 7.02. The molecular weight excluding hydrogens is 485 g/mol. The van der Waals surface area contributed by atoms with Crippen LogP contribution in [0.5, 0.6) is 0 Å². The Hall–Kier alpha value is -0.823. The number of carbonyl (C=O) groups excluding carboxylic acids is 1. The van der Waals surface area contributed by atoms with Crippen molar-refractivity contribution >= 4 is 48.2 Å². The summed E-state index contributed by atoms with van der Waals surface area (Å²) in [4.78, 5) is 24.8. The van der Waals surface area contributed by atoms with E-state index in [-0.39, 0.29) is 25.1 Å². The summed E-state index contributed by atoms with van der Waals surface area (Å²) in [6, 6.07) is 2.72. The molecule has 0 aliphatic carbocycles. The molecule has 1 aromatic rings. The number of nitrogens with zero attached hydrogens (tertiary/aromatic N) is 1. The zero-order valence-corrected chi connectivity index (χ0v) is 19.1. The fourth-order valence-electron chi connectivity index (χ4n) is 2.95. The molecule has 1 aromatic heterocycles. The molecule has 0 saturated carbocycles. The topological polar surface area (TPSA) is 68.5 Å². The van der Waals surface area contributed by atoms with Crippen molar-refractivity contribution in [1.29, 1.82) is 0 Å². The van der Waals surface area contributed by atoms with E-state index in [0.717, 1.165) is 12.5 Å². The van der Waals surface area contributed by atoms with Gasteiger partial charge in [-0.2, -0.15) is 0 Å². The number of fused-ring (bicyclic) bond motifs is 1. The summed E-state index contributed by atoms with van der Waals surface area (Å²) in [6.07, 6.45) is 1.10. The third-order valence-corrected chi connectivity index (χ3v) is 8.21. The molecule has 0 spiro atoms. The first kappa shape index (κ1) is 21.5. The van der Waals surface area contributed by atoms with E-state index in [1.807, 2.05) is 22.6 Å². The molecule has 5 nitrogen and oxygen atoms in total. The van der Waals surface area contributed by atoms with Crippen molar-refractivity contribution in [3.8, 4) is 11.5 Å². The van der Waals surface area contributed by atoms with Gasteiger partial charge in [-0.25, -0.2) is 4.79 Å². The molecule has 0 radical (unpaired) electrons. The molecule has 0 bridgehead atoms. The molecule has 142 valence electrons. The zero-order chi connectivity index (χ0) is 19.5. The number of hydrogen-bond donors (Lipinski definition) is 1. The van der Waals surface area contributed by atoms with Crippen LogP contribution in [0, 0.1) is 15.2 Å². The van der Waals surface area contributed by atoms with E-state index in [1.165, 1.54) is 0 Å². The maximum Gasteiger partial charge on any atom is 0.343 e. The van der Waals surface area contributed by atoms with E-state index in [4.69, 9.17) is 16.3 Å². The number of carbonyl (C=O) groups is 1. The van der Waals surface area contributed by atoms with Crippen molar-refractivity contribution in [3.05, 3.63) is 31.2 Å². The highest BCUT2D eigenvalue weighted by atomic mass is 127. The van der Waals surface area contributed by atoms with Gasteiger partial charge >= 0.3 is 5.97 Å². The SMILES string of the molecule is CC[C@@]1(O)C(=O)OCc2c1cc(I)n(CC#C[Si](C)(C)CCCCl)c2=O. The first-order valence-electron chi connectivity index (χ1n) is 8.54. The molecule has 1 N–H and O–H groups in total. The number of rotatable bonds is 5. The van der Waals surface area contributed by atoms with Gasteiger partial charge in [0.2, 0.25) is 0 Å². The first-order valence-corrected chi connectivity index (χ1v) is 13.4. The summed E-state index contributed by atoms with van der Waals surface area (Å²) in [6.45, 7) is 6.23. The van der Waals surface area contributed by atoms with E-state index in [0.29, 0.717) is 20.7 Å². The number of esters is 1. The van der Waals surface area contributed by atoms with Crippen LogP contribution in [0.3, 0.4) is 0 Å². The summed E-state index contributed by atoms with van der Waals surface area (Å²) in [5.74, 6) is 3.08. The van der Waals surface area contributed by atoms with Gasteiger partial charge in [0.15, 0.2) is 5.60 Å². The van der Waals surface area contributed by atoms with Gasteiger partial charge in [-0.15, -0.1) is 17.1 Å². The van der Waals surface area contributed by atoms with E-state index < -0.39 is 19.6 Å². The molecule has 0 unspecified atom stereocenters. The Morgan fingerprint density at radius 2 is 2.15 bits per heavy atom. The van der Waals surface area contributed by atoms with Crippen molar-refractivity contribution in [2.75, 3.05) is 5.88 Å². The van der Waals surface area contributed by atoms with E-state index in [1.54, 1.807) is 17.6 Å². The molecule has 0 fully saturated rings. The number of pyridine rings is 1. The lowest BCUT2D eigenvalue weighted by molar-refractivity contribution is -0.172. The van der Waals surface area contributed by atoms with Crippen LogP contribution in [0.1, 0.15) is 30.9 Å². The average molecular weight is 508 g/mol. The number of hydrogen-bond acceptors (Lipinski definition) is 4. The van der Waals surface area contributed by atoms with Crippen molar-refractivity contribution in [1.82, 2.24) is 4.57 Å². The van der Waals surface area contributed by atoms with Crippen LogP contribution in [-0.2, 0) is 28.3 Å². The van der Waals surface area contributed by atoms with Crippen molar-refractivity contribution in [2.24, 2.45) is 0 Å². The number of ether oxygens (including phenoxy) is 1. The predicted molar refractivity (Wildman–Crippen MR) is 113 cm³/mol. The summed E-state index contributed by atoms with van der Waals surface area (Å²) in [5.41, 5.74) is 2.01. The lowest BCUT2D eigenvalue weighted by Crippen LogP contribution is -2.44. The minimum absolute atomic E-state index is 0.115. The Morgan fingerprint density at radius 3 is 2.77 bits per heavy atom. The van der Waals surface area contributed by atoms with Crippen LogP contribution >= 0.6 is 34.2 Å². The normalized spacial score (nSPS) is 19.4. The van der Waals surface area contributed by atoms with Gasteiger partial charge in [-0.3, -0.25) is 9.36 Å². The Balaban J connectivity index is 2.37. The van der Waals surface area contributed by atoms with Crippen molar-refractivity contribution in [2.45, 2.75) is 57.7 Å². The highest BCUT2D eigenvalue weighted by Gasteiger charge is 2.44. The van der Waals surface area contributed by atoms with Crippen LogP contribution in [-0.4, -0.2) is 29.6 Å². The van der Waals surface area contributed by atoms with Crippen molar-refractivity contribution < 1.29 is 14.6 Å². The van der Waals surface area contributed by atoms with Gasteiger partial charge in [0.25, 0.3) is 5.56 Å². The standard InChI is InChI=1S/C18H23ClINO4Si/c1-4-18(24)14-11-15(20)21(16(22)13(14)12-25-17(18)23)8-6-10-26(2,3)9-5-7-19/h11,24H,4-5,7-9,12H2,1-3H3/t18-/m0/s1. The van der Waals surface area contributed by atoms with E-state index in [2.05, 4.69) is 24.6 Å². The van der Waals surface area contributed by atoms with Gasteiger partial charge in [-0.05, 0) is 47.5 Å². The summed E-state index contributed by atoms with van der Waals surface area (Å²) < 4.78 is 7.25. The molecule has 0 saturated heterocycles. The Morgan fingerprint density at radius 1 is 1.46 bits per heavy atom. The van der Waals surface area contributed by atoms with Crippen LogP contribution in [0.2, 0.25) is 19.1 Å². The average Bonchev–Trinajstić information content (AvgIpc) is 2.59. The van der Waals surface area contributed by atoms with Gasteiger partial charge in [0.05, 0.1) is 15.8 Å². The molecule has 1 aliphatic heterocycles. The second-order valence-corrected chi connectivity index (χ2v) is 13.0. The lowest BCUT2D eigenvalue weighted by Gasteiger charge is -2.31. The summed E-state index contributed by atoms with van der Waals surface area (Å²) in [7, 11) is -1.65. The molecule has 8 heteroatoms. The number of halogens is 2. The van der Waals surface area contributed by atoms with Crippen LogP contribution in [0.15, 0.2) is 10.9 Å². The molecule has 26 heavy (non-hydrogen) atoms. The second kappa shape index (κ2) is 8.46. The van der Waals surface area contributed by atoms with Crippen LogP contribution in [0.25, 0.3) is 0 Å². The number of aliphatic hydroxyl groups is 1. The molecule has 1 aliphatic rings. The first-order chi connectivity index (χ1) is 12.2. The smallest absolute Gasteiger partial charge is 0.343 e. The van der Waals surface area contributed by atoms with Crippen LogP contribution in [0.4, 0.5) is 0 Å². The van der Waals surface area contributed by atoms with Crippen LogP contribution < -0.4 is 5.56 Å². The van der Waals surface area contributed by atoms with Gasteiger partial charge in [0, 0.05) is 11.4 Å². The molecule has 0 amide bonds.